The summed E-state index contributed by atoms with van der Waals surface area (Å²) in [4.78, 5) is 23.9. The van der Waals surface area contributed by atoms with Crippen molar-refractivity contribution in [3.63, 3.8) is 0 Å². The summed E-state index contributed by atoms with van der Waals surface area (Å²) in [5.74, 6) is -0.00478. The van der Waals surface area contributed by atoms with Crippen LogP contribution in [-0.4, -0.2) is 45.5 Å². The number of likely N-dealkylation sites (tertiary alicyclic amines) is 1. The zero-order valence-corrected chi connectivity index (χ0v) is 14.4. The highest BCUT2D eigenvalue weighted by molar-refractivity contribution is 5.94. The van der Waals surface area contributed by atoms with E-state index in [1.54, 1.807) is 29.4 Å². The van der Waals surface area contributed by atoms with Crippen molar-refractivity contribution in [2.75, 3.05) is 13.1 Å². The number of nitrogens with one attached hydrogen (secondary N) is 1. The molecule has 0 spiro atoms. The summed E-state index contributed by atoms with van der Waals surface area (Å²) in [5, 5.41) is 15.1. The predicted molar refractivity (Wildman–Crippen MR) is 87.8 cm³/mol. The molecule has 1 aromatic heterocycles. The highest BCUT2D eigenvalue weighted by Crippen LogP contribution is 2.16. The van der Waals surface area contributed by atoms with Gasteiger partial charge in [-0.25, -0.2) is 0 Å². The number of hydrogen-bond donors (Lipinski definition) is 1. The number of carbonyl (C=O) groups excluding carboxylic acids is 1. The van der Waals surface area contributed by atoms with Crippen LogP contribution in [-0.2, 0) is 4.84 Å². The lowest BCUT2D eigenvalue weighted by atomic mass is 10.1. The number of pyridine rings is 1. The van der Waals surface area contributed by atoms with Crippen LogP contribution >= 0.6 is 0 Å². The van der Waals surface area contributed by atoms with E-state index in [2.05, 4.69) is 15.7 Å². The fourth-order valence-electron chi connectivity index (χ4n) is 2.47. The minimum Gasteiger partial charge on any atom is -0.569 e. The van der Waals surface area contributed by atoms with Gasteiger partial charge in [-0.2, -0.15) is 5.43 Å². The smallest absolute Gasteiger partial charge is 0.253 e. The van der Waals surface area contributed by atoms with E-state index in [1.165, 1.54) is 0 Å². The third-order valence-corrected chi connectivity index (χ3v) is 3.59. The predicted octanol–water partition coefficient (Wildman–Crippen LogP) is 2.27. The van der Waals surface area contributed by atoms with Crippen molar-refractivity contribution in [3.05, 3.63) is 35.3 Å². The Morgan fingerprint density at radius 3 is 2.75 bits per heavy atom. The molecule has 1 N–H and O–H groups in total. The highest BCUT2D eigenvalue weighted by Gasteiger charge is 2.23. The highest BCUT2D eigenvalue weighted by atomic mass is 16.7. The molecule has 2 rings (SSSR count). The van der Waals surface area contributed by atoms with Crippen LogP contribution in [0, 0.1) is 5.21 Å². The van der Waals surface area contributed by atoms with Crippen LogP contribution in [0.1, 0.15) is 50.4 Å². The SMILES string of the molecule is CC(C)(C)N/[N+]([O-])=N/OC1CCCN(C(=O)c2ccncc2)CC1. The summed E-state index contributed by atoms with van der Waals surface area (Å²) in [6.45, 7) is 6.83. The van der Waals surface area contributed by atoms with Crippen molar-refractivity contribution in [2.45, 2.75) is 51.7 Å². The molecule has 0 aromatic carbocycles. The van der Waals surface area contributed by atoms with Gasteiger partial charge in [0, 0.05) is 37.5 Å². The first-order chi connectivity index (χ1) is 11.3. The molecule has 1 fully saturated rings. The molecule has 2 heterocycles. The van der Waals surface area contributed by atoms with E-state index in [1.807, 2.05) is 20.8 Å². The Balaban J connectivity index is 1.86. The third-order valence-electron chi connectivity index (χ3n) is 3.59. The summed E-state index contributed by atoms with van der Waals surface area (Å²) in [6, 6.07) is 3.42. The zero-order chi connectivity index (χ0) is 17.6. The molecule has 1 aliphatic heterocycles. The van der Waals surface area contributed by atoms with Crippen molar-refractivity contribution in [3.8, 4) is 0 Å². The van der Waals surface area contributed by atoms with Gasteiger partial charge in [-0.05, 0) is 45.7 Å². The molecule has 1 atom stereocenters. The van der Waals surface area contributed by atoms with Crippen LogP contribution in [0.2, 0.25) is 0 Å². The molecule has 0 radical (unpaired) electrons. The van der Waals surface area contributed by atoms with Crippen LogP contribution in [0.15, 0.2) is 29.8 Å². The Labute approximate surface area is 142 Å². The number of rotatable bonds is 4. The summed E-state index contributed by atoms with van der Waals surface area (Å²) in [5.41, 5.74) is 2.89. The molecule has 8 heteroatoms. The second-order valence-electron chi connectivity index (χ2n) is 6.90. The number of carbonyl (C=O) groups is 1. The molecule has 1 amide bonds. The van der Waals surface area contributed by atoms with Gasteiger partial charge < -0.3 is 14.9 Å². The van der Waals surface area contributed by atoms with E-state index in [9.17, 15) is 10.0 Å². The van der Waals surface area contributed by atoms with Gasteiger partial charge in [-0.15, -0.1) is 0 Å². The van der Waals surface area contributed by atoms with Gasteiger partial charge in [0.15, 0.2) is 0 Å². The maximum atomic E-state index is 12.4. The van der Waals surface area contributed by atoms with Crippen molar-refractivity contribution in [2.24, 2.45) is 5.28 Å². The van der Waals surface area contributed by atoms with Gasteiger partial charge in [0.05, 0.1) is 10.5 Å². The van der Waals surface area contributed by atoms with Crippen molar-refractivity contribution < 1.29 is 14.6 Å². The summed E-state index contributed by atoms with van der Waals surface area (Å²) in [6.07, 6.45) is 5.26. The Morgan fingerprint density at radius 1 is 1.38 bits per heavy atom. The van der Waals surface area contributed by atoms with Crippen LogP contribution in [0.5, 0.6) is 0 Å². The van der Waals surface area contributed by atoms with E-state index >= 15 is 0 Å². The molecule has 1 saturated heterocycles. The van der Waals surface area contributed by atoms with Gasteiger partial charge in [0.2, 0.25) is 5.28 Å². The minimum atomic E-state index is -0.383. The van der Waals surface area contributed by atoms with E-state index in [-0.39, 0.29) is 17.6 Å². The Hall–Kier alpha value is -2.38. The van der Waals surface area contributed by atoms with E-state index in [4.69, 9.17) is 4.84 Å². The molecule has 0 aliphatic carbocycles. The maximum Gasteiger partial charge on any atom is 0.253 e. The summed E-state index contributed by atoms with van der Waals surface area (Å²) >= 11 is 0. The van der Waals surface area contributed by atoms with Gasteiger partial charge in [0.1, 0.15) is 6.10 Å². The average molecular weight is 335 g/mol. The van der Waals surface area contributed by atoms with Crippen LogP contribution in [0.4, 0.5) is 0 Å². The topological polar surface area (TPSA) is 92.9 Å². The second kappa shape index (κ2) is 7.94. The average Bonchev–Trinajstić information content (AvgIpc) is 2.77. The Morgan fingerprint density at radius 2 is 2.08 bits per heavy atom. The van der Waals surface area contributed by atoms with Crippen LogP contribution in [0.3, 0.4) is 0 Å². The standard InChI is InChI=1S/C16H25N5O3/c1-16(2,3)18-21(23)19-24-14-5-4-11-20(12-8-14)15(22)13-6-9-17-10-7-13/h6-7,9-10,14H,4-5,8,11-12H2,1-3H3,(H,18,19). The quantitative estimate of drug-likeness (QED) is 0.517. The van der Waals surface area contributed by atoms with Crippen molar-refractivity contribution in [1.29, 1.82) is 0 Å². The number of hydrogen-bond acceptors (Lipinski definition) is 5. The summed E-state index contributed by atoms with van der Waals surface area (Å²) in [7, 11) is 0. The van der Waals surface area contributed by atoms with E-state index in [0.29, 0.717) is 30.0 Å². The van der Waals surface area contributed by atoms with Crippen molar-refractivity contribution in [1.82, 2.24) is 15.3 Å². The first-order valence-corrected chi connectivity index (χ1v) is 8.16. The lowest BCUT2D eigenvalue weighted by molar-refractivity contribution is -0.626. The fourth-order valence-corrected chi connectivity index (χ4v) is 2.47. The first kappa shape index (κ1) is 18.0. The molecule has 132 valence electrons. The van der Waals surface area contributed by atoms with Gasteiger partial charge >= 0.3 is 0 Å². The number of nitrogens with zero attached hydrogens (tertiary/aromatic N) is 4. The molecule has 0 saturated carbocycles. The first-order valence-electron chi connectivity index (χ1n) is 8.16. The lowest BCUT2D eigenvalue weighted by Crippen LogP contribution is -2.40. The number of aromatic nitrogens is 1. The zero-order valence-electron chi connectivity index (χ0n) is 14.4. The van der Waals surface area contributed by atoms with Gasteiger partial charge in [0.25, 0.3) is 5.91 Å². The molecule has 1 aromatic rings. The normalized spacial score (nSPS) is 19.5. The summed E-state index contributed by atoms with van der Waals surface area (Å²) < 4.78 is 0. The molecule has 0 bridgehead atoms. The van der Waals surface area contributed by atoms with Gasteiger partial charge in [-0.1, -0.05) is 0 Å². The molecule has 1 unspecified atom stereocenters. The Bertz CT molecular complexity index is 571. The number of amides is 1. The number of hydrazine groups is 1. The largest absolute Gasteiger partial charge is 0.569 e. The van der Waals surface area contributed by atoms with E-state index < -0.39 is 0 Å². The van der Waals surface area contributed by atoms with Crippen molar-refractivity contribution >= 4 is 5.91 Å². The third kappa shape index (κ3) is 5.68. The monoisotopic (exact) mass is 335 g/mol. The molecule has 8 nitrogen and oxygen atoms in total. The second-order valence-corrected chi connectivity index (χ2v) is 6.90. The molecule has 24 heavy (non-hydrogen) atoms. The van der Waals surface area contributed by atoms with Crippen LogP contribution < -0.4 is 5.43 Å². The molecular weight excluding hydrogens is 310 g/mol. The molecule has 1 aliphatic rings. The minimum absolute atomic E-state index is 0.00478. The van der Waals surface area contributed by atoms with E-state index in [0.717, 1.165) is 12.8 Å². The fraction of sp³-hybridized carbons (Fsp3) is 0.625. The Kier molecular flexibility index (Phi) is 5.94. The maximum absolute atomic E-state index is 12.4. The van der Waals surface area contributed by atoms with Gasteiger partial charge in [-0.3, -0.25) is 9.78 Å². The van der Waals surface area contributed by atoms with Crippen LogP contribution in [0.25, 0.3) is 0 Å². The lowest BCUT2D eigenvalue weighted by Gasteiger charge is -2.20. The molecular formula is C16H25N5O3.